The van der Waals surface area contributed by atoms with E-state index in [0.29, 0.717) is 19.5 Å². The van der Waals surface area contributed by atoms with Gasteiger partial charge in [0.2, 0.25) is 0 Å². The van der Waals surface area contributed by atoms with Crippen molar-refractivity contribution in [1.82, 2.24) is 4.90 Å². The van der Waals surface area contributed by atoms with Crippen molar-refractivity contribution in [3.63, 3.8) is 0 Å². The average molecular weight is 275 g/mol. The number of ketones is 1. The number of hydrogen-bond acceptors (Lipinski definition) is 4. The lowest BCUT2D eigenvalue weighted by molar-refractivity contribution is -0.132. The van der Waals surface area contributed by atoms with Gasteiger partial charge < -0.3 is 14.7 Å². The third-order valence-electron chi connectivity index (χ3n) is 3.36. The predicted octanol–water partition coefficient (Wildman–Crippen LogP) is 1.83. The lowest BCUT2D eigenvalue weighted by Crippen LogP contribution is -2.37. The average Bonchev–Trinajstić information content (AvgIpc) is 2.44. The Morgan fingerprint density at radius 1 is 1.35 bits per heavy atom. The fraction of sp³-hybridized carbons (Fsp3) is 0.333. The number of aliphatic hydroxyl groups excluding tert-OH is 1. The lowest BCUT2D eigenvalue weighted by Gasteiger charge is -2.27. The van der Waals surface area contributed by atoms with Crippen molar-refractivity contribution in [3.05, 3.63) is 41.2 Å². The van der Waals surface area contributed by atoms with Gasteiger partial charge in [-0.25, -0.2) is 0 Å². The van der Waals surface area contributed by atoms with Crippen LogP contribution in [0.4, 0.5) is 0 Å². The van der Waals surface area contributed by atoms with Gasteiger partial charge in [-0.15, -0.1) is 0 Å². The number of methoxy groups -OCH3 is 1. The summed E-state index contributed by atoms with van der Waals surface area (Å²) in [7, 11) is 1.59. The third-order valence-corrected chi connectivity index (χ3v) is 3.36. The van der Waals surface area contributed by atoms with Crippen LogP contribution in [0.25, 0.3) is 0 Å². The van der Waals surface area contributed by atoms with E-state index in [-0.39, 0.29) is 11.4 Å². The minimum atomic E-state index is -0.489. The number of carbonyl (C=O) groups excluding carboxylic acids is 2. The minimum Gasteiger partial charge on any atom is -0.503 e. The molecular formula is C15H17NO4. The van der Waals surface area contributed by atoms with Crippen LogP contribution in [0.15, 0.2) is 35.6 Å². The van der Waals surface area contributed by atoms with Gasteiger partial charge in [-0.05, 0) is 31.0 Å². The zero-order valence-corrected chi connectivity index (χ0v) is 11.5. The summed E-state index contributed by atoms with van der Waals surface area (Å²) in [5.74, 6) is -0.408. The van der Waals surface area contributed by atoms with Gasteiger partial charge >= 0.3 is 0 Å². The monoisotopic (exact) mass is 275 g/mol. The first-order valence-corrected chi connectivity index (χ1v) is 6.38. The maximum atomic E-state index is 12.0. The van der Waals surface area contributed by atoms with Gasteiger partial charge in [0, 0.05) is 18.7 Å². The molecule has 0 atom stereocenters. The van der Waals surface area contributed by atoms with E-state index in [1.54, 1.807) is 7.11 Å². The van der Waals surface area contributed by atoms with E-state index in [0.717, 1.165) is 11.3 Å². The van der Waals surface area contributed by atoms with E-state index < -0.39 is 11.7 Å². The molecule has 0 saturated heterocycles. The van der Waals surface area contributed by atoms with Crippen molar-refractivity contribution in [3.8, 4) is 5.75 Å². The molecule has 0 aromatic heterocycles. The minimum absolute atomic E-state index is 0.223. The third kappa shape index (κ3) is 2.82. The Morgan fingerprint density at radius 2 is 2.00 bits per heavy atom. The highest BCUT2D eigenvalue weighted by molar-refractivity contribution is 6.04. The number of Topliss-reactive ketones (excluding diaryl/α,β-unsaturated/α-hetero) is 1. The normalized spacial score (nSPS) is 15.5. The van der Waals surface area contributed by atoms with Gasteiger partial charge in [0.15, 0.2) is 11.5 Å². The SMILES string of the molecule is COc1ccc(CN2CCC(C(C)=O)=C(O)C2=O)cc1. The molecule has 1 aliphatic heterocycles. The van der Waals surface area contributed by atoms with Crippen LogP contribution in [0.3, 0.4) is 0 Å². The van der Waals surface area contributed by atoms with Gasteiger partial charge in [-0.2, -0.15) is 0 Å². The van der Waals surface area contributed by atoms with Crippen molar-refractivity contribution in [2.45, 2.75) is 19.9 Å². The number of hydrogen-bond donors (Lipinski definition) is 1. The fourth-order valence-electron chi connectivity index (χ4n) is 2.19. The first kappa shape index (κ1) is 14.1. The molecule has 1 N–H and O–H groups in total. The van der Waals surface area contributed by atoms with Crippen LogP contribution >= 0.6 is 0 Å². The highest BCUT2D eigenvalue weighted by Crippen LogP contribution is 2.21. The molecule has 5 heteroatoms. The Morgan fingerprint density at radius 3 is 2.55 bits per heavy atom. The molecule has 1 aromatic carbocycles. The van der Waals surface area contributed by atoms with Gasteiger partial charge in [-0.1, -0.05) is 12.1 Å². The second-order valence-corrected chi connectivity index (χ2v) is 4.71. The van der Waals surface area contributed by atoms with E-state index in [2.05, 4.69) is 0 Å². The van der Waals surface area contributed by atoms with E-state index in [1.807, 2.05) is 24.3 Å². The molecule has 20 heavy (non-hydrogen) atoms. The first-order chi connectivity index (χ1) is 9.52. The molecule has 0 unspecified atom stereocenters. The van der Waals surface area contributed by atoms with Crippen molar-refractivity contribution in [2.24, 2.45) is 0 Å². The van der Waals surface area contributed by atoms with E-state index in [4.69, 9.17) is 4.74 Å². The van der Waals surface area contributed by atoms with Gasteiger partial charge in [0.05, 0.1) is 7.11 Å². The number of nitrogens with zero attached hydrogens (tertiary/aromatic N) is 1. The fourth-order valence-corrected chi connectivity index (χ4v) is 2.19. The molecular weight excluding hydrogens is 258 g/mol. The van der Waals surface area contributed by atoms with Gasteiger partial charge in [0.1, 0.15) is 5.75 Å². The maximum absolute atomic E-state index is 12.0. The van der Waals surface area contributed by atoms with Crippen LogP contribution in [-0.4, -0.2) is 35.4 Å². The molecule has 106 valence electrons. The van der Waals surface area contributed by atoms with E-state index in [9.17, 15) is 14.7 Å². The first-order valence-electron chi connectivity index (χ1n) is 6.38. The zero-order valence-electron chi connectivity index (χ0n) is 11.5. The van der Waals surface area contributed by atoms with Crippen molar-refractivity contribution < 1.29 is 19.4 Å². The molecule has 1 amide bonds. The van der Waals surface area contributed by atoms with Crippen LogP contribution in [-0.2, 0) is 16.1 Å². The predicted molar refractivity (Wildman–Crippen MR) is 73.4 cm³/mol. The smallest absolute Gasteiger partial charge is 0.289 e. The van der Waals surface area contributed by atoms with Crippen LogP contribution < -0.4 is 4.74 Å². The number of aliphatic hydroxyl groups is 1. The second kappa shape index (κ2) is 5.77. The topological polar surface area (TPSA) is 66.8 Å². The number of amides is 1. The standard InChI is InChI=1S/C15H17NO4/c1-10(17)13-7-8-16(15(19)14(13)18)9-11-3-5-12(20-2)6-4-11/h3-6,18H,7-9H2,1-2H3. The lowest BCUT2D eigenvalue weighted by atomic mass is 10.0. The summed E-state index contributed by atoms with van der Waals surface area (Å²) in [6, 6.07) is 7.38. The van der Waals surface area contributed by atoms with Crippen LogP contribution in [0.1, 0.15) is 18.9 Å². The van der Waals surface area contributed by atoms with Crippen LogP contribution in [0.2, 0.25) is 0 Å². The molecule has 0 radical (unpaired) electrons. The molecule has 0 aliphatic carbocycles. The van der Waals surface area contributed by atoms with Crippen molar-refractivity contribution in [2.75, 3.05) is 13.7 Å². The molecule has 1 heterocycles. The molecule has 5 nitrogen and oxygen atoms in total. The second-order valence-electron chi connectivity index (χ2n) is 4.71. The summed E-state index contributed by atoms with van der Waals surface area (Å²) < 4.78 is 5.07. The number of benzene rings is 1. The molecule has 0 bridgehead atoms. The maximum Gasteiger partial charge on any atom is 0.289 e. The van der Waals surface area contributed by atoms with E-state index >= 15 is 0 Å². The zero-order chi connectivity index (χ0) is 14.7. The largest absolute Gasteiger partial charge is 0.503 e. The number of carbonyl (C=O) groups is 2. The summed E-state index contributed by atoms with van der Waals surface area (Å²) in [6.07, 6.45) is 0.392. The summed E-state index contributed by atoms with van der Waals surface area (Å²) >= 11 is 0. The molecule has 0 spiro atoms. The summed E-state index contributed by atoms with van der Waals surface area (Å²) in [5.41, 5.74) is 1.17. The van der Waals surface area contributed by atoms with Crippen LogP contribution in [0.5, 0.6) is 5.75 Å². The molecule has 1 aliphatic rings. The molecule has 0 saturated carbocycles. The molecule has 1 aromatic rings. The summed E-state index contributed by atoms with van der Waals surface area (Å²) in [6.45, 7) is 2.19. The Kier molecular flexibility index (Phi) is 4.08. The van der Waals surface area contributed by atoms with Crippen molar-refractivity contribution >= 4 is 11.7 Å². The van der Waals surface area contributed by atoms with Gasteiger partial charge in [-0.3, -0.25) is 9.59 Å². The quantitative estimate of drug-likeness (QED) is 0.910. The summed E-state index contributed by atoms with van der Waals surface area (Å²) in [4.78, 5) is 24.8. The van der Waals surface area contributed by atoms with E-state index in [1.165, 1.54) is 11.8 Å². The highest BCUT2D eigenvalue weighted by Gasteiger charge is 2.28. The number of ether oxygens (including phenoxy) is 1. The Hall–Kier alpha value is -2.30. The van der Waals surface area contributed by atoms with Crippen LogP contribution in [0, 0.1) is 0 Å². The Balaban J connectivity index is 2.11. The Labute approximate surface area is 117 Å². The number of rotatable bonds is 4. The van der Waals surface area contributed by atoms with Crippen molar-refractivity contribution in [1.29, 1.82) is 0 Å². The Bertz CT molecular complexity index is 560. The summed E-state index contributed by atoms with van der Waals surface area (Å²) in [5, 5.41) is 9.79. The molecule has 2 rings (SSSR count). The van der Waals surface area contributed by atoms with Gasteiger partial charge in [0.25, 0.3) is 5.91 Å². The molecule has 0 fully saturated rings. The highest BCUT2D eigenvalue weighted by atomic mass is 16.5.